The van der Waals surface area contributed by atoms with Crippen molar-refractivity contribution in [2.24, 2.45) is 13.0 Å². The lowest BCUT2D eigenvalue weighted by Crippen LogP contribution is -2.35. The van der Waals surface area contributed by atoms with Gasteiger partial charge in [-0.2, -0.15) is 23.5 Å². The van der Waals surface area contributed by atoms with Crippen LogP contribution in [0.15, 0.2) is 35.1 Å². The first-order valence-corrected chi connectivity index (χ1v) is 13.5. The van der Waals surface area contributed by atoms with Crippen LogP contribution < -0.4 is 4.74 Å². The summed E-state index contributed by atoms with van der Waals surface area (Å²) in [7, 11) is 1.75. The van der Waals surface area contributed by atoms with Gasteiger partial charge in [-0.25, -0.2) is 9.97 Å². The van der Waals surface area contributed by atoms with Crippen LogP contribution >= 0.6 is 0 Å². The van der Waals surface area contributed by atoms with Crippen molar-refractivity contribution in [3.8, 4) is 23.1 Å². The number of rotatable bonds is 8. The molecule has 4 heterocycles. The summed E-state index contributed by atoms with van der Waals surface area (Å²) >= 11 is 0. The zero-order valence-electron chi connectivity index (χ0n) is 23.3. The lowest BCUT2D eigenvalue weighted by Gasteiger charge is -2.33. The third-order valence-electron chi connectivity index (χ3n) is 7.56. The number of hydrogen-bond acceptors (Lipinski definition) is 8. The van der Waals surface area contributed by atoms with E-state index >= 15 is 0 Å². The molecule has 0 spiro atoms. The Kier molecular flexibility index (Phi) is 8.02. The number of halogens is 3. The molecule has 5 rings (SSSR count). The summed E-state index contributed by atoms with van der Waals surface area (Å²) in [5, 5.41) is 15.4. The van der Waals surface area contributed by atoms with Gasteiger partial charge in [0.1, 0.15) is 29.2 Å². The van der Waals surface area contributed by atoms with Crippen LogP contribution in [0.1, 0.15) is 60.6 Å². The van der Waals surface area contributed by atoms with E-state index in [1.165, 1.54) is 18.5 Å². The third-order valence-corrected chi connectivity index (χ3v) is 7.56. The molecule has 0 aliphatic carbocycles. The SMILES string of the molecule is Cc1noc(C)c1C(C)ON1CCC(CCOc2ccc(-c3cc4c(ncn4C)c(C#N)n3)cc2C(F)(F)F)CC1. The fraction of sp³-hybridized carbons (Fsp3) is 0.448. The highest BCUT2D eigenvalue weighted by atomic mass is 19.4. The van der Waals surface area contributed by atoms with E-state index in [4.69, 9.17) is 14.1 Å². The molecule has 1 fully saturated rings. The quantitative estimate of drug-likeness (QED) is 0.244. The molecule has 1 aliphatic heterocycles. The molecule has 1 aliphatic rings. The minimum absolute atomic E-state index is 0.0570. The van der Waals surface area contributed by atoms with Crippen molar-refractivity contribution >= 4 is 11.0 Å². The summed E-state index contributed by atoms with van der Waals surface area (Å²) in [4.78, 5) is 14.5. The van der Waals surface area contributed by atoms with E-state index in [1.807, 2.05) is 31.9 Å². The van der Waals surface area contributed by atoms with E-state index in [2.05, 4.69) is 15.1 Å². The number of imidazole rings is 1. The van der Waals surface area contributed by atoms with Gasteiger partial charge >= 0.3 is 6.18 Å². The summed E-state index contributed by atoms with van der Waals surface area (Å²) < 4.78 is 54.7. The molecule has 0 amide bonds. The fourth-order valence-corrected chi connectivity index (χ4v) is 5.38. The van der Waals surface area contributed by atoms with Crippen molar-refractivity contribution in [1.82, 2.24) is 24.8 Å². The molecule has 0 radical (unpaired) electrons. The van der Waals surface area contributed by atoms with Crippen molar-refractivity contribution < 1.29 is 27.3 Å². The molecule has 41 heavy (non-hydrogen) atoms. The average molecular weight is 569 g/mol. The Morgan fingerprint density at radius 1 is 1.20 bits per heavy atom. The Morgan fingerprint density at radius 2 is 1.95 bits per heavy atom. The van der Waals surface area contributed by atoms with Gasteiger partial charge in [0.05, 0.1) is 35.4 Å². The minimum atomic E-state index is -4.62. The molecule has 3 aromatic heterocycles. The Hall–Kier alpha value is -3.95. The van der Waals surface area contributed by atoms with E-state index in [1.54, 1.807) is 17.7 Å². The highest BCUT2D eigenvalue weighted by Gasteiger charge is 2.35. The zero-order valence-corrected chi connectivity index (χ0v) is 23.3. The Labute approximate surface area is 235 Å². The van der Waals surface area contributed by atoms with Gasteiger partial charge in [0, 0.05) is 31.3 Å². The predicted molar refractivity (Wildman–Crippen MR) is 144 cm³/mol. The Bertz CT molecular complexity index is 1560. The van der Waals surface area contributed by atoms with Crippen LogP contribution in [0.2, 0.25) is 0 Å². The van der Waals surface area contributed by atoms with Crippen LogP contribution in [0.4, 0.5) is 13.2 Å². The van der Waals surface area contributed by atoms with Crippen molar-refractivity contribution in [3.05, 3.63) is 58.9 Å². The van der Waals surface area contributed by atoms with Gasteiger partial charge in [-0.05, 0) is 70.2 Å². The van der Waals surface area contributed by atoms with E-state index in [9.17, 15) is 18.4 Å². The molecule has 0 N–H and O–H groups in total. The molecule has 4 aromatic rings. The van der Waals surface area contributed by atoms with Crippen molar-refractivity contribution in [2.45, 2.75) is 52.3 Å². The number of benzene rings is 1. The number of fused-ring (bicyclic) bond motifs is 1. The molecule has 1 saturated heterocycles. The number of hydroxylamine groups is 2. The molecular formula is C29H31F3N6O3. The normalized spacial score (nSPS) is 15.8. The maximum atomic E-state index is 14.0. The molecule has 216 valence electrons. The topological polar surface area (TPSA) is 102 Å². The number of nitriles is 1. The van der Waals surface area contributed by atoms with E-state index in [0.717, 1.165) is 49.0 Å². The van der Waals surface area contributed by atoms with Crippen LogP contribution in [0.3, 0.4) is 0 Å². The number of ether oxygens (including phenoxy) is 1. The van der Waals surface area contributed by atoms with Crippen molar-refractivity contribution in [1.29, 1.82) is 5.26 Å². The highest BCUT2D eigenvalue weighted by molar-refractivity contribution is 5.84. The van der Waals surface area contributed by atoms with Crippen LogP contribution in [0.25, 0.3) is 22.3 Å². The molecule has 0 bridgehead atoms. The van der Waals surface area contributed by atoms with Gasteiger partial charge in [0.25, 0.3) is 0 Å². The first-order valence-electron chi connectivity index (χ1n) is 13.5. The number of piperidine rings is 1. The van der Waals surface area contributed by atoms with Crippen molar-refractivity contribution in [2.75, 3.05) is 19.7 Å². The van der Waals surface area contributed by atoms with Crippen LogP contribution in [0, 0.1) is 31.1 Å². The smallest absolute Gasteiger partial charge is 0.419 e. The number of aryl methyl sites for hydroxylation is 3. The average Bonchev–Trinajstić information content (AvgIpc) is 3.49. The molecule has 0 saturated carbocycles. The van der Waals surface area contributed by atoms with Gasteiger partial charge < -0.3 is 13.8 Å². The standard InChI is InChI=1S/C29H31F3N6O3/c1-17-27(18(2)40-36-17)19(3)41-38-10-7-20(8-11-38)9-12-39-26-6-5-21(13-22(26)29(30,31)32)23-14-25-28(24(15-33)35-23)34-16-37(25)4/h5-6,13-14,16,19-20H,7-12H2,1-4H3. The Balaban J connectivity index is 1.21. The lowest BCUT2D eigenvalue weighted by molar-refractivity contribution is -0.208. The first kappa shape index (κ1) is 28.6. The molecule has 12 heteroatoms. The maximum Gasteiger partial charge on any atom is 0.419 e. The van der Waals surface area contributed by atoms with Gasteiger partial charge in [-0.15, -0.1) is 0 Å². The van der Waals surface area contributed by atoms with Crippen LogP contribution in [-0.2, 0) is 18.1 Å². The van der Waals surface area contributed by atoms with Crippen molar-refractivity contribution in [3.63, 3.8) is 0 Å². The maximum absolute atomic E-state index is 14.0. The predicted octanol–water partition coefficient (Wildman–Crippen LogP) is 6.30. The third kappa shape index (κ3) is 6.06. The highest BCUT2D eigenvalue weighted by Crippen LogP contribution is 2.39. The molecule has 1 aromatic carbocycles. The van der Waals surface area contributed by atoms with Gasteiger partial charge in [0.2, 0.25) is 0 Å². The zero-order chi connectivity index (χ0) is 29.3. The van der Waals surface area contributed by atoms with E-state index in [-0.39, 0.29) is 35.4 Å². The molecule has 1 unspecified atom stereocenters. The lowest BCUT2D eigenvalue weighted by atomic mass is 9.95. The molecule has 1 atom stereocenters. The number of nitrogens with zero attached hydrogens (tertiary/aromatic N) is 6. The summed E-state index contributed by atoms with van der Waals surface area (Å²) in [6.07, 6.45) is -0.930. The minimum Gasteiger partial charge on any atom is -0.493 e. The van der Waals surface area contributed by atoms with Gasteiger partial charge in [-0.3, -0.25) is 4.84 Å². The summed E-state index contributed by atoms with van der Waals surface area (Å²) in [5.74, 6) is 0.834. The Morgan fingerprint density at radius 3 is 2.61 bits per heavy atom. The second kappa shape index (κ2) is 11.5. The van der Waals surface area contributed by atoms with E-state index in [0.29, 0.717) is 23.4 Å². The summed E-state index contributed by atoms with van der Waals surface area (Å²) in [6.45, 7) is 7.33. The van der Waals surface area contributed by atoms with Gasteiger partial charge in [0.15, 0.2) is 5.69 Å². The van der Waals surface area contributed by atoms with E-state index < -0.39 is 11.7 Å². The van der Waals surface area contributed by atoms with Gasteiger partial charge in [-0.1, -0.05) is 5.16 Å². The summed E-state index contributed by atoms with van der Waals surface area (Å²) in [6, 6.07) is 7.49. The monoisotopic (exact) mass is 568 g/mol. The first-order chi connectivity index (χ1) is 19.5. The van der Waals surface area contributed by atoms with Crippen LogP contribution in [-0.4, -0.2) is 44.5 Å². The summed E-state index contributed by atoms with van der Waals surface area (Å²) in [5.41, 5.74) is 2.45. The number of alkyl halides is 3. The second-order valence-electron chi connectivity index (χ2n) is 10.4. The largest absolute Gasteiger partial charge is 0.493 e. The molecular weight excluding hydrogens is 537 g/mol. The fourth-order valence-electron chi connectivity index (χ4n) is 5.38. The number of aromatic nitrogens is 4. The number of hydrogen-bond donors (Lipinski definition) is 0. The molecule has 9 nitrogen and oxygen atoms in total. The second-order valence-corrected chi connectivity index (χ2v) is 10.4. The number of pyridine rings is 1. The van der Waals surface area contributed by atoms with Crippen LogP contribution in [0.5, 0.6) is 5.75 Å².